The van der Waals surface area contributed by atoms with E-state index in [0.29, 0.717) is 64.1 Å². The molecule has 3 aromatic rings. The molecule has 0 bridgehead atoms. The Hall–Kier alpha value is -2.74. The summed E-state index contributed by atoms with van der Waals surface area (Å²) in [5.74, 6) is 0.887. The third-order valence-electron chi connectivity index (χ3n) is 5.20. The molecule has 4 rings (SSSR count). The lowest BCUT2D eigenvalue weighted by Gasteiger charge is -2.34. The van der Waals surface area contributed by atoms with Gasteiger partial charge in [0.25, 0.3) is 5.56 Å². The number of aromatic nitrogens is 2. The number of piperazine rings is 1. The first kappa shape index (κ1) is 22.5. The van der Waals surface area contributed by atoms with Gasteiger partial charge in [-0.1, -0.05) is 34.8 Å². The van der Waals surface area contributed by atoms with Crippen molar-refractivity contribution in [3.05, 3.63) is 74.0 Å². The van der Waals surface area contributed by atoms with Crippen molar-refractivity contribution in [1.29, 1.82) is 0 Å². The summed E-state index contributed by atoms with van der Waals surface area (Å²) in [6.45, 7) is 1.96. The maximum absolute atomic E-state index is 13.3. The zero-order chi connectivity index (χ0) is 22.8. The van der Waals surface area contributed by atoms with Crippen LogP contribution in [-0.2, 0) is 4.74 Å². The molecule has 10 heteroatoms. The number of ether oxygens (including phenoxy) is 1. The average Bonchev–Trinajstić information content (AvgIpc) is 2.79. The van der Waals surface area contributed by atoms with Gasteiger partial charge in [0, 0.05) is 47.9 Å². The molecule has 1 amide bonds. The summed E-state index contributed by atoms with van der Waals surface area (Å²) in [5, 5.41) is 1.41. The predicted octanol–water partition coefficient (Wildman–Crippen LogP) is 4.75. The molecule has 0 saturated carbocycles. The van der Waals surface area contributed by atoms with Crippen LogP contribution in [-0.4, -0.2) is 53.8 Å². The number of benzene rings is 2. The van der Waals surface area contributed by atoms with E-state index in [-0.39, 0.29) is 11.7 Å². The van der Waals surface area contributed by atoms with E-state index in [2.05, 4.69) is 0 Å². The zero-order valence-electron chi connectivity index (χ0n) is 17.1. The lowest BCUT2D eigenvalue weighted by atomic mass is 10.2. The van der Waals surface area contributed by atoms with Crippen LogP contribution in [0.2, 0.25) is 15.1 Å². The number of methoxy groups -OCH3 is 1. The first-order valence-corrected chi connectivity index (χ1v) is 10.9. The second-order valence-electron chi connectivity index (χ2n) is 7.16. The minimum atomic E-state index is -0.371. The van der Waals surface area contributed by atoms with Gasteiger partial charge in [0.05, 0.1) is 17.8 Å². The summed E-state index contributed by atoms with van der Waals surface area (Å²) in [4.78, 5) is 33.4. The Morgan fingerprint density at radius 1 is 0.938 bits per heavy atom. The van der Waals surface area contributed by atoms with E-state index in [1.165, 1.54) is 17.7 Å². The molecule has 166 valence electrons. The van der Waals surface area contributed by atoms with E-state index in [4.69, 9.17) is 44.5 Å². The molecule has 0 N–H and O–H groups in total. The lowest BCUT2D eigenvalue weighted by Crippen LogP contribution is -2.49. The normalized spacial score (nSPS) is 13.9. The van der Waals surface area contributed by atoms with E-state index >= 15 is 0 Å². The number of anilines is 1. The average molecular weight is 494 g/mol. The summed E-state index contributed by atoms with van der Waals surface area (Å²) >= 11 is 18.6. The Labute approximate surface area is 199 Å². The molecule has 0 aliphatic carbocycles. The lowest BCUT2D eigenvalue weighted by molar-refractivity contribution is 0.121. The van der Waals surface area contributed by atoms with Crippen molar-refractivity contribution < 1.29 is 9.53 Å². The number of carbonyl (C=O) groups is 1. The molecular formula is C22H19Cl3N4O3. The Morgan fingerprint density at radius 3 is 2.22 bits per heavy atom. The van der Waals surface area contributed by atoms with Crippen LogP contribution in [0.4, 0.5) is 10.6 Å². The first-order valence-electron chi connectivity index (χ1n) is 9.80. The molecule has 2 heterocycles. The van der Waals surface area contributed by atoms with Gasteiger partial charge in [-0.2, -0.15) is 0 Å². The number of rotatable bonds is 3. The minimum Gasteiger partial charge on any atom is -0.453 e. The van der Waals surface area contributed by atoms with Crippen LogP contribution in [0, 0.1) is 0 Å². The number of hydrogen-bond donors (Lipinski definition) is 0. The van der Waals surface area contributed by atoms with Crippen molar-refractivity contribution in [2.24, 2.45) is 0 Å². The number of carbonyl (C=O) groups excluding carboxylic acids is 1. The molecule has 2 aromatic carbocycles. The number of hydrogen-bond acceptors (Lipinski definition) is 5. The van der Waals surface area contributed by atoms with Crippen molar-refractivity contribution in [1.82, 2.24) is 14.5 Å². The molecule has 1 aromatic heterocycles. The second-order valence-corrected chi connectivity index (χ2v) is 8.44. The molecule has 1 fully saturated rings. The van der Waals surface area contributed by atoms with Crippen molar-refractivity contribution in [2.45, 2.75) is 0 Å². The Balaban J connectivity index is 1.80. The molecule has 0 radical (unpaired) electrons. The molecule has 1 saturated heterocycles. The monoisotopic (exact) mass is 492 g/mol. The van der Waals surface area contributed by atoms with Gasteiger partial charge in [0.1, 0.15) is 5.82 Å². The van der Waals surface area contributed by atoms with Crippen LogP contribution in [0.5, 0.6) is 0 Å². The van der Waals surface area contributed by atoms with Gasteiger partial charge in [-0.15, -0.1) is 0 Å². The Morgan fingerprint density at radius 2 is 1.59 bits per heavy atom. The smallest absolute Gasteiger partial charge is 0.409 e. The maximum atomic E-state index is 13.3. The Kier molecular flexibility index (Phi) is 6.60. The Bertz CT molecular complexity index is 1210. The molecule has 7 nitrogen and oxygen atoms in total. The fourth-order valence-corrected chi connectivity index (χ4v) is 4.19. The van der Waals surface area contributed by atoms with Crippen molar-refractivity contribution in [3.63, 3.8) is 0 Å². The summed E-state index contributed by atoms with van der Waals surface area (Å²) < 4.78 is 6.27. The topological polar surface area (TPSA) is 67.7 Å². The van der Waals surface area contributed by atoms with Gasteiger partial charge in [0.2, 0.25) is 0 Å². The summed E-state index contributed by atoms with van der Waals surface area (Å²) in [5.41, 5.74) is 0.905. The van der Waals surface area contributed by atoms with Crippen LogP contribution >= 0.6 is 34.8 Å². The predicted molar refractivity (Wildman–Crippen MR) is 126 cm³/mol. The summed E-state index contributed by atoms with van der Waals surface area (Å²) in [6.07, 6.45) is -0.371. The molecule has 32 heavy (non-hydrogen) atoms. The van der Waals surface area contributed by atoms with E-state index in [0.717, 1.165) is 0 Å². The molecule has 0 atom stereocenters. The molecule has 1 aliphatic heterocycles. The van der Waals surface area contributed by atoms with Crippen molar-refractivity contribution >= 4 is 46.7 Å². The van der Waals surface area contributed by atoms with E-state index in [9.17, 15) is 9.59 Å². The van der Waals surface area contributed by atoms with Gasteiger partial charge in [0.15, 0.2) is 5.82 Å². The highest BCUT2D eigenvalue weighted by Crippen LogP contribution is 2.31. The highest BCUT2D eigenvalue weighted by Gasteiger charge is 2.24. The molecule has 0 unspecified atom stereocenters. The highest BCUT2D eigenvalue weighted by atomic mass is 35.5. The van der Waals surface area contributed by atoms with E-state index in [1.807, 2.05) is 4.90 Å². The quantitative estimate of drug-likeness (QED) is 0.527. The van der Waals surface area contributed by atoms with Gasteiger partial charge >= 0.3 is 6.09 Å². The standard InChI is InChI=1S/C22H19Cl3N4O3/c1-32-22(31)28-10-8-27(9-11-28)19-13-20(30)29(16-5-2-14(23)3-6-16)21(26-19)17-7-4-15(24)12-18(17)25/h2-7,12-13H,8-11H2,1H3. The third kappa shape index (κ3) is 4.55. The highest BCUT2D eigenvalue weighted by molar-refractivity contribution is 6.36. The molecular weight excluding hydrogens is 475 g/mol. The van der Waals surface area contributed by atoms with Crippen LogP contribution in [0.1, 0.15) is 0 Å². The van der Waals surface area contributed by atoms with Gasteiger partial charge in [-0.25, -0.2) is 9.78 Å². The van der Waals surface area contributed by atoms with Crippen molar-refractivity contribution in [2.75, 3.05) is 38.2 Å². The molecule has 0 spiro atoms. The largest absolute Gasteiger partial charge is 0.453 e. The van der Waals surface area contributed by atoms with E-state index in [1.54, 1.807) is 47.4 Å². The third-order valence-corrected chi connectivity index (χ3v) is 6.00. The van der Waals surface area contributed by atoms with Crippen LogP contribution in [0.3, 0.4) is 0 Å². The zero-order valence-corrected chi connectivity index (χ0v) is 19.4. The van der Waals surface area contributed by atoms with Gasteiger partial charge in [-0.05, 0) is 42.5 Å². The molecule has 1 aliphatic rings. The summed E-state index contributed by atoms with van der Waals surface area (Å²) in [6, 6.07) is 13.4. The first-order chi connectivity index (χ1) is 15.4. The van der Waals surface area contributed by atoms with E-state index < -0.39 is 0 Å². The van der Waals surface area contributed by atoms with Crippen LogP contribution in [0.15, 0.2) is 53.3 Å². The second kappa shape index (κ2) is 9.40. The maximum Gasteiger partial charge on any atom is 0.409 e. The fraction of sp³-hybridized carbons (Fsp3) is 0.227. The minimum absolute atomic E-state index is 0.270. The number of amides is 1. The van der Waals surface area contributed by atoms with Gasteiger partial charge < -0.3 is 14.5 Å². The fourth-order valence-electron chi connectivity index (χ4n) is 3.57. The SMILES string of the molecule is COC(=O)N1CCN(c2cc(=O)n(-c3ccc(Cl)cc3)c(-c3ccc(Cl)cc3Cl)n2)CC1. The summed E-state index contributed by atoms with van der Waals surface area (Å²) in [7, 11) is 1.36. The van der Waals surface area contributed by atoms with Crippen LogP contribution in [0.25, 0.3) is 17.1 Å². The van der Waals surface area contributed by atoms with Crippen LogP contribution < -0.4 is 10.5 Å². The number of nitrogens with zero attached hydrogens (tertiary/aromatic N) is 4. The van der Waals surface area contributed by atoms with Crippen molar-refractivity contribution in [3.8, 4) is 17.1 Å². The number of halogens is 3. The van der Waals surface area contributed by atoms with Gasteiger partial charge in [-0.3, -0.25) is 9.36 Å².